The topological polar surface area (TPSA) is 64.6 Å². The molecule has 0 aliphatic heterocycles. The molecule has 19 heavy (non-hydrogen) atoms. The van der Waals surface area contributed by atoms with Crippen LogP contribution in [0, 0.1) is 6.92 Å². The Bertz CT molecular complexity index is 467. The van der Waals surface area contributed by atoms with E-state index >= 15 is 0 Å². The Balaban J connectivity index is 3.09. The molecular weight excluding hydrogens is 266 g/mol. The average Bonchev–Trinajstić information content (AvgIpc) is 2.65. The average molecular weight is 285 g/mol. The van der Waals surface area contributed by atoms with E-state index < -0.39 is 12.1 Å². The van der Waals surface area contributed by atoms with Crippen LogP contribution in [0.2, 0.25) is 0 Å². The molecule has 1 rings (SSSR count). The van der Waals surface area contributed by atoms with Gasteiger partial charge in [0.1, 0.15) is 5.00 Å². The molecule has 0 saturated carbocycles. The summed E-state index contributed by atoms with van der Waals surface area (Å²) in [6, 6.07) is 0. The standard InChI is InChI=1S/C13H19NO4S/c1-5-9-8(4)19-11(14-13(16)18-7-3)10(9)12(15)17-6-2/h5-7H2,1-4H3,(H,14,16). The van der Waals surface area contributed by atoms with Crippen molar-refractivity contribution in [1.82, 2.24) is 0 Å². The van der Waals surface area contributed by atoms with Crippen LogP contribution < -0.4 is 5.32 Å². The van der Waals surface area contributed by atoms with Gasteiger partial charge < -0.3 is 9.47 Å². The maximum atomic E-state index is 12.0. The Morgan fingerprint density at radius 2 is 1.79 bits per heavy atom. The number of carbonyl (C=O) groups is 2. The second kappa shape index (κ2) is 7.13. The van der Waals surface area contributed by atoms with E-state index in [1.807, 2.05) is 13.8 Å². The zero-order chi connectivity index (χ0) is 14.4. The molecule has 0 bridgehead atoms. The highest BCUT2D eigenvalue weighted by atomic mass is 32.1. The number of amides is 1. The highest BCUT2D eigenvalue weighted by Crippen LogP contribution is 2.34. The van der Waals surface area contributed by atoms with Crippen LogP contribution in [-0.2, 0) is 15.9 Å². The SMILES string of the molecule is CCOC(=O)Nc1sc(C)c(CC)c1C(=O)OCC. The van der Waals surface area contributed by atoms with Gasteiger partial charge in [0.15, 0.2) is 0 Å². The molecule has 0 aliphatic carbocycles. The fourth-order valence-corrected chi connectivity index (χ4v) is 2.89. The third kappa shape index (κ3) is 3.70. The van der Waals surface area contributed by atoms with Gasteiger partial charge in [-0.3, -0.25) is 5.32 Å². The lowest BCUT2D eigenvalue weighted by Crippen LogP contribution is -2.16. The highest BCUT2D eigenvalue weighted by molar-refractivity contribution is 7.16. The predicted octanol–water partition coefficient (Wildman–Crippen LogP) is 3.36. The largest absolute Gasteiger partial charge is 0.462 e. The molecule has 5 nitrogen and oxygen atoms in total. The van der Waals surface area contributed by atoms with Crippen molar-refractivity contribution >= 4 is 28.4 Å². The highest BCUT2D eigenvalue weighted by Gasteiger charge is 2.23. The fourth-order valence-electron chi connectivity index (χ4n) is 1.77. The van der Waals surface area contributed by atoms with Gasteiger partial charge in [0.2, 0.25) is 0 Å². The van der Waals surface area contributed by atoms with Gasteiger partial charge in [-0.1, -0.05) is 6.92 Å². The van der Waals surface area contributed by atoms with E-state index in [2.05, 4.69) is 5.32 Å². The van der Waals surface area contributed by atoms with E-state index in [-0.39, 0.29) is 6.61 Å². The van der Waals surface area contributed by atoms with Crippen LogP contribution in [0.1, 0.15) is 41.6 Å². The van der Waals surface area contributed by atoms with Crippen LogP contribution in [0.5, 0.6) is 0 Å². The zero-order valence-corrected chi connectivity index (χ0v) is 12.5. The molecule has 6 heteroatoms. The van der Waals surface area contributed by atoms with Gasteiger partial charge in [0.05, 0.1) is 18.8 Å². The van der Waals surface area contributed by atoms with E-state index in [0.29, 0.717) is 23.6 Å². The first kappa shape index (κ1) is 15.5. The van der Waals surface area contributed by atoms with Crippen LogP contribution in [0.25, 0.3) is 0 Å². The van der Waals surface area contributed by atoms with Crippen LogP contribution in [-0.4, -0.2) is 25.3 Å². The summed E-state index contributed by atoms with van der Waals surface area (Å²) in [5.41, 5.74) is 1.36. The van der Waals surface area contributed by atoms with Crippen molar-refractivity contribution < 1.29 is 19.1 Å². The number of rotatable bonds is 5. The number of ether oxygens (including phenoxy) is 2. The predicted molar refractivity (Wildman–Crippen MR) is 75.0 cm³/mol. The van der Waals surface area contributed by atoms with Crippen molar-refractivity contribution in [3.8, 4) is 0 Å². The molecule has 0 atom stereocenters. The van der Waals surface area contributed by atoms with Gasteiger partial charge in [-0.25, -0.2) is 9.59 Å². The lowest BCUT2D eigenvalue weighted by molar-refractivity contribution is 0.0527. The quantitative estimate of drug-likeness (QED) is 0.842. The van der Waals surface area contributed by atoms with Crippen LogP contribution in [0.3, 0.4) is 0 Å². The first-order valence-corrected chi connectivity index (χ1v) is 7.09. The van der Waals surface area contributed by atoms with E-state index in [0.717, 1.165) is 10.4 Å². The smallest absolute Gasteiger partial charge is 0.412 e. The molecule has 0 fully saturated rings. The number of thiophene rings is 1. The van der Waals surface area contributed by atoms with E-state index in [9.17, 15) is 9.59 Å². The molecule has 1 N–H and O–H groups in total. The summed E-state index contributed by atoms with van der Waals surface area (Å²) in [5.74, 6) is -0.407. The summed E-state index contributed by atoms with van der Waals surface area (Å²) in [6.45, 7) is 7.94. The summed E-state index contributed by atoms with van der Waals surface area (Å²) in [4.78, 5) is 24.5. The molecule has 1 aromatic rings. The van der Waals surface area contributed by atoms with Crippen molar-refractivity contribution in [3.05, 3.63) is 16.0 Å². The number of carbonyl (C=O) groups excluding carboxylic acids is 2. The maximum absolute atomic E-state index is 12.0. The summed E-state index contributed by atoms with van der Waals surface area (Å²) >= 11 is 1.36. The van der Waals surface area contributed by atoms with Crippen molar-refractivity contribution in [2.45, 2.75) is 34.1 Å². The Kier molecular flexibility index (Phi) is 5.82. The van der Waals surface area contributed by atoms with Crippen molar-refractivity contribution in [2.75, 3.05) is 18.5 Å². The van der Waals surface area contributed by atoms with Crippen molar-refractivity contribution in [1.29, 1.82) is 0 Å². The number of anilines is 1. The Hall–Kier alpha value is -1.56. The van der Waals surface area contributed by atoms with E-state index in [1.54, 1.807) is 13.8 Å². The fraction of sp³-hybridized carbons (Fsp3) is 0.538. The van der Waals surface area contributed by atoms with Crippen LogP contribution >= 0.6 is 11.3 Å². The van der Waals surface area contributed by atoms with Gasteiger partial charge in [0, 0.05) is 4.88 Å². The molecule has 0 radical (unpaired) electrons. The monoisotopic (exact) mass is 285 g/mol. The van der Waals surface area contributed by atoms with Crippen molar-refractivity contribution in [3.63, 3.8) is 0 Å². The molecular formula is C13H19NO4S. The summed E-state index contributed by atoms with van der Waals surface area (Å²) in [7, 11) is 0. The Morgan fingerprint density at radius 3 is 2.32 bits per heavy atom. The number of aryl methyl sites for hydroxylation is 1. The first-order chi connectivity index (χ1) is 9.04. The molecule has 1 amide bonds. The number of nitrogens with one attached hydrogen (secondary N) is 1. The summed E-state index contributed by atoms with van der Waals surface area (Å²) in [6.07, 6.45) is 0.151. The minimum Gasteiger partial charge on any atom is -0.462 e. The Morgan fingerprint density at radius 1 is 1.16 bits per heavy atom. The molecule has 0 saturated heterocycles. The molecule has 0 unspecified atom stereocenters. The molecule has 0 aliphatic rings. The van der Waals surface area contributed by atoms with E-state index in [4.69, 9.17) is 9.47 Å². The summed E-state index contributed by atoms with van der Waals surface area (Å²) < 4.78 is 9.87. The third-order valence-corrected chi connectivity index (χ3v) is 3.60. The lowest BCUT2D eigenvalue weighted by atomic mass is 10.1. The van der Waals surface area contributed by atoms with E-state index in [1.165, 1.54) is 11.3 Å². The molecule has 1 heterocycles. The molecule has 0 spiro atoms. The van der Waals surface area contributed by atoms with Crippen LogP contribution in [0.15, 0.2) is 0 Å². The molecule has 1 aromatic heterocycles. The van der Waals surface area contributed by atoms with Crippen LogP contribution in [0.4, 0.5) is 9.80 Å². The van der Waals surface area contributed by atoms with Gasteiger partial charge in [-0.15, -0.1) is 11.3 Å². The first-order valence-electron chi connectivity index (χ1n) is 6.28. The maximum Gasteiger partial charge on any atom is 0.412 e. The number of esters is 1. The Labute approximate surface area is 116 Å². The van der Waals surface area contributed by atoms with Gasteiger partial charge in [-0.2, -0.15) is 0 Å². The third-order valence-electron chi connectivity index (χ3n) is 2.53. The van der Waals surface area contributed by atoms with Crippen molar-refractivity contribution in [2.24, 2.45) is 0 Å². The zero-order valence-electron chi connectivity index (χ0n) is 11.7. The second-order valence-corrected chi connectivity index (χ2v) is 4.99. The number of hydrogen-bond donors (Lipinski definition) is 1. The minimum atomic E-state index is -0.558. The van der Waals surface area contributed by atoms with Gasteiger partial charge in [0.25, 0.3) is 0 Å². The molecule has 0 aromatic carbocycles. The van der Waals surface area contributed by atoms with Gasteiger partial charge in [-0.05, 0) is 32.8 Å². The normalized spacial score (nSPS) is 10.1. The second-order valence-electron chi connectivity index (χ2n) is 3.76. The minimum absolute atomic E-state index is 0.283. The summed E-state index contributed by atoms with van der Waals surface area (Å²) in [5, 5.41) is 3.09. The number of hydrogen-bond acceptors (Lipinski definition) is 5. The van der Waals surface area contributed by atoms with Gasteiger partial charge >= 0.3 is 12.1 Å². The molecule has 106 valence electrons. The lowest BCUT2D eigenvalue weighted by Gasteiger charge is -2.07.